The van der Waals surface area contributed by atoms with Crippen LogP contribution in [0, 0.1) is 11.3 Å². The van der Waals surface area contributed by atoms with Crippen molar-refractivity contribution in [1.29, 1.82) is 0 Å². The number of quaternary nitrogens is 1. The first-order chi connectivity index (χ1) is 18.0. The topological polar surface area (TPSA) is 58.6 Å². The average Bonchev–Trinajstić information content (AvgIpc) is 3.22. The number of amides is 1. The summed E-state index contributed by atoms with van der Waals surface area (Å²) in [5.74, 6) is -1.02. The number of rotatable bonds is 5. The Morgan fingerprint density at radius 3 is 2.76 bits per heavy atom. The van der Waals surface area contributed by atoms with E-state index in [1.807, 2.05) is 12.2 Å². The second-order valence-electron chi connectivity index (χ2n) is 11.8. The molecule has 2 bridgehead atoms. The third-order valence-corrected chi connectivity index (χ3v) is 9.82. The van der Waals surface area contributed by atoms with E-state index in [1.54, 1.807) is 18.2 Å². The Kier molecular flexibility index (Phi) is 5.83. The molecule has 3 aliphatic carbocycles. The highest BCUT2D eigenvalue weighted by atomic mass is 19.4. The van der Waals surface area contributed by atoms with Crippen LogP contribution in [-0.4, -0.2) is 65.8 Å². The molecule has 1 amide bonds. The van der Waals surface area contributed by atoms with Crippen molar-refractivity contribution >= 4 is 12.0 Å². The van der Waals surface area contributed by atoms with E-state index in [1.165, 1.54) is 18.2 Å². The van der Waals surface area contributed by atoms with E-state index in [2.05, 4.69) is 18.9 Å². The largest absolute Gasteiger partial charge is 0.421 e. The maximum atomic E-state index is 14.0. The standard InChI is InChI=1S/C30H33F3N2O3/c1-3-15-35(2)16-14-28-21-10-7-11-24(28)38-26-25(28)20(18-23(21)35)12-13-29(26,37)34-27(36)22(30(31,32)33)17-19-8-5-4-6-9-19/h3-6,8-9,12-13,17,21,23-24,26,37H,1,7,10-11,14-16,18H2,2H3/p+1/t21-,23+,24-,26?,28+,29?,35?/m0/s1. The van der Waals surface area contributed by atoms with Crippen molar-refractivity contribution in [2.45, 2.75) is 62.3 Å². The number of benzene rings is 1. The average molecular weight is 528 g/mol. The minimum atomic E-state index is -4.90. The Labute approximate surface area is 220 Å². The van der Waals surface area contributed by atoms with Crippen LogP contribution in [0.1, 0.15) is 37.7 Å². The Morgan fingerprint density at radius 2 is 2.05 bits per heavy atom. The molecular formula is C30H34F3N2O3+. The van der Waals surface area contributed by atoms with E-state index in [9.17, 15) is 23.1 Å². The van der Waals surface area contributed by atoms with Crippen LogP contribution in [0.4, 0.5) is 13.2 Å². The summed E-state index contributed by atoms with van der Waals surface area (Å²) in [4.78, 5) is 13.1. The molecule has 5 aliphatic rings. The fourth-order valence-corrected chi connectivity index (χ4v) is 8.21. The van der Waals surface area contributed by atoms with Crippen molar-refractivity contribution in [3.63, 3.8) is 0 Å². The molecule has 1 spiro atoms. The molecule has 202 valence electrons. The van der Waals surface area contributed by atoms with E-state index < -0.39 is 29.5 Å². The molecule has 1 saturated carbocycles. The van der Waals surface area contributed by atoms with Gasteiger partial charge < -0.3 is 19.6 Å². The molecule has 3 fully saturated rings. The molecule has 6 rings (SSSR count). The van der Waals surface area contributed by atoms with Gasteiger partial charge in [0.2, 0.25) is 0 Å². The zero-order valence-corrected chi connectivity index (χ0v) is 21.5. The van der Waals surface area contributed by atoms with Crippen LogP contribution >= 0.6 is 0 Å². The molecule has 7 atom stereocenters. The number of piperidine rings is 1. The van der Waals surface area contributed by atoms with Gasteiger partial charge in [0, 0.05) is 24.2 Å². The highest BCUT2D eigenvalue weighted by Gasteiger charge is 2.70. The first kappa shape index (κ1) is 25.6. The molecular weight excluding hydrogens is 493 g/mol. The quantitative estimate of drug-likeness (QED) is 0.253. The van der Waals surface area contributed by atoms with Crippen LogP contribution in [0.2, 0.25) is 0 Å². The van der Waals surface area contributed by atoms with E-state index >= 15 is 0 Å². The second kappa shape index (κ2) is 8.66. The predicted octanol–water partition coefficient (Wildman–Crippen LogP) is 4.67. The number of carbonyl (C=O) groups excluding carboxylic acids is 1. The lowest BCUT2D eigenvalue weighted by Crippen LogP contribution is -2.69. The summed E-state index contributed by atoms with van der Waals surface area (Å²) >= 11 is 0. The second-order valence-corrected chi connectivity index (χ2v) is 11.8. The molecule has 2 saturated heterocycles. The predicted molar refractivity (Wildman–Crippen MR) is 137 cm³/mol. The molecule has 0 aromatic heterocycles. The van der Waals surface area contributed by atoms with Gasteiger partial charge in [0.25, 0.3) is 5.91 Å². The van der Waals surface area contributed by atoms with Crippen LogP contribution in [0.15, 0.2) is 71.9 Å². The fraction of sp³-hybridized carbons (Fsp3) is 0.500. The smallest absolute Gasteiger partial charge is 0.365 e. The molecule has 1 aromatic carbocycles. The van der Waals surface area contributed by atoms with Crippen molar-refractivity contribution in [1.82, 2.24) is 5.32 Å². The van der Waals surface area contributed by atoms with Crippen LogP contribution in [0.3, 0.4) is 0 Å². The summed E-state index contributed by atoms with van der Waals surface area (Å²) < 4.78 is 49.4. The lowest BCUT2D eigenvalue weighted by Gasteiger charge is -2.61. The number of nitrogens with one attached hydrogen (secondary N) is 1. The number of likely N-dealkylation sites (N-methyl/N-ethyl adjacent to an activating group) is 1. The number of ether oxygens (including phenoxy) is 1. The molecule has 1 aromatic rings. The minimum absolute atomic E-state index is 0.123. The zero-order chi connectivity index (χ0) is 26.9. The lowest BCUT2D eigenvalue weighted by atomic mass is 9.50. The van der Waals surface area contributed by atoms with Gasteiger partial charge in [-0.25, -0.2) is 0 Å². The molecule has 8 heteroatoms. The van der Waals surface area contributed by atoms with Gasteiger partial charge in [0.1, 0.15) is 11.7 Å². The van der Waals surface area contributed by atoms with Gasteiger partial charge in [-0.3, -0.25) is 4.79 Å². The van der Waals surface area contributed by atoms with Gasteiger partial charge in [-0.1, -0.05) is 49.4 Å². The van der Waals surface area contributed by atoms with Crippen molar-refractivity contribution in [2.24, 2.45) is 11.3 Å². The normalized spacial score (nSPS) is 39.6. The zero-order valence-electron chi connectivity index (χ0n) is 21.5. The van der Waals surface area contributed by atoms with Crippen LogP contribution in [0.25, 0.3) is 6.08 Å². The summed E-state index contributed by atoms with van der Waals surface area (Å²) in [5.41, 5.74) is -1.34. The highest BCUT2D eigenvalue weighted by Crippen LogP contribution is 2.66. The Hall–Kier alpha value is -2.68. The van der Waals surface area contributed by atoms with Crippen LogP contribution in [-0.2, 0) is 9.53 Å². The van der Waals surface area contributed by atoms with Crippen LogP contribution in [0.5, 0.6) is 0 Å². The minimum Gasteiger partial charge on any atom is -0.365 e. The van der Waals surface area contributed by atoms with E-state index in [4.69, 9.17) is 4.74 Å². The SMILES string of the molecule is C=CC[N+]1(C)CC[C@]23C4=C5C=CC(O)(NC(=O)C(=Cc6ccccc6)C(F)(F)F)C4O[C@H]2CCC[C@H]3[C@H]1C5. The molecule has 2 heterocycles. The molecule has 5 nitrogen and oxygen atoms in total. The van der Waals surface area contributed by atoms with Crippen molar-refractivity contribution in [2.75, 3.05) is 20.1 Å². The van der Waals surface area contributed by atoms with Crippen molar-refractivity contribution < 1.29 is 32.3 Å². The molecule has 38 heavy (non-hydrogen) atoms. The molecule has 3 unspecified atom stereocenters. The number of hydrogen-bond acceptors (Lipinski definition) is 3. The first-order valence-corrected chi connectivity index (χ1v) is 13.4. The Morgan fingerprint density at radius 1 is 1.29 bits per heavy atom. The number of hydrogen-bond donors (Lipinski definition) is 2. The number of carbonyl (C=O) groups is 1. The highest BCUT2D eigenvalue weighted by molar-refractivity contribution is 5.99. The van der Waals surface area contributed by atoms with E-state index in [0.29, 0.717) is 12.0 Å². The van der Waals surface area contributed by atoms with Gasteiger partial charge in [-0.15, -0.1) is 0 Å². The summed E-state index contributed by atoms with van der Waals surface area (Å²) in [6, 6.07) is 8.28. The summed E-state index contributed by atoms with van der Waals surface area (Å²) in [5, 5.41) is 14.1. The summed E-state index contributed by atoms with van der Waals surface area (Å²) in [7, 11) is 2.29. The Balaban J connectivity index is 1.36. The summed E-state index contributed by atoms with van der Waals surface area (Å²) in [6.45, 7) is 5.82. The van der Waals surface area contributed by atoms with E-state index in [0.717, 1.165) is 66.9 Å². The maximum absolute atomic E-state index is 14.0. The third-order valence-electron chi connectivity index (χ3n) is 9.82. The molecule has 0 radical (unpaired) electrons. The van der Waals surface area contributed by atoms with Gasteiger partial charge in [-0.05, 0) is 47.8 Å². The van der Waals surface area contributed by atoms with Crippen molar-refractivity contribution in [3.05, 3.63) is 77.4 Å². The number of nitrogens with zero attached hydrogens (tertiary/aromatic N) is 1. The molecule has 2 aliphatic heterocycles. The number of allylic oxidation sites excluding steroid dienone is 1. The lowest BCUT2D eigenvalue weighted by molar-refractivity contribution is -0.940. The number of alkyl halides is 3. The maximum Gasteiger partial charge on any atom is 0.421 e. The summed E-state index contributed by atoms with van der Waals surface area (Å²) in [6.07, 6.45) is 4.73. The molecule has 2 N–H and O–H groups in total. The number of aliphatic hydroxyl groups is 1. The monoisotopic (exact) mass is 527 g/mol. The number of likely N-dealkylation sites (tertiary alicyclic amines) is 1. The van der Waals surface area contributed by atoms with Crippen LogP contribution < -0.4 is 5.32 Å². The van der Waals surface area contributed by atoms with Gasteiger partial charge in [-0.2, -0.15) is 13.2 Å². The Bertz CT molecular complexity index is 1250. The van der Waals surface area contributed by atoms with Gasteiger partial charge in [0.15, 0.2) is 5.72 Å². The fourth-order valence-electron chi connectivity index (χ4n) is 8.21. The third kappa shape index (κ3) is 3.67. The van der Waals surface area contributed by atoms with Gasteiger partial charge >= 0.3 is 6.18 Å². The van der Waals surface area contributed by atoms with Gasteiger partial charge in [0.05, 0.1) is 32.3 Å². The van der Waals surface area contributed by atoms with Crippen molar-refractivity contribution in [3.8, 4) is 0 Å². The number of halogens is 3. The van der Waals surface area contributed by atoms with E-state index in [-0.39, 0.29) is 17.1 Å². The first-order valence-electron chi connectivity index (χ1n) is 13.4.